The summed E-state index contributed by atoms with van der Waals surface area (Å²) in [6.07, 6.45) is 4.57. The molecule has 3 heterocycles. The molecule has 204 valence electrons. The molecule has 6 rings (SSSR count). The Labute approximate surface area is 238 Å². The number of piperazine rings is 1. The molecule has 9 heteroatoms. The maximum Gasteiger partial charge on any atom is 0.227 e. The first-order chi connectivity index (χ1) is 19.6. The Hall–Kier alpha value is -4.14. The molecular formula is C31H31ClN6O2. The highest BCUT2D eigenvalue weighted by atomic mass is 35.5. The average Bonchev–Trinajstić information content (AvgIpc) is 3.44. The molecule has 1 aliphatic rings. The minimum Gasteiger partial charge on any atom is -0.494 e. The lowest BCUT2D eigenvalue weighted by atomic mass is 10.2. The largest absolute Gasteiger partial charge is 0.494 e. The molecule has 5 aromatic rings. The lowest BCUT2D eigenvalue weighted by Gasteiger charge is -2.34. The van der Waals surface area contributed by atoms with E-state index in [9.17, 15) is 0 Å². The summed E-state index contributed by atoms with van der Waals surface area (Å²) >= 11 is 6.04. The van der Waals surface area contributed by atoms with Gasteiger partial charge in [0.1, 0.15) is 11.3 Å². The molecule has 2 aromatic heterocycles. The predicted octanol–water partition coefficient (Wildman–Crippen LogP) is 6.30. The highest BCUT2D eigenvalue weighted by molar-refractivity contribution is 6.30. The van der Waals surface area contributed by atoms with E-state index in [4.69, 9.17) is 20.8 Å². The number of nitrogens with zero attached hydrogens (tertiary/aromatic N) is 6. The number of benzene rings is 3. The predicted molar refractivity (Wildman–Crippen MR) is 160 cm³/mol. The summed E-state index contributed by atoms with van der Waals surface area (Å²) in [6, 6.07) is 23.6. The van der Waals surface area contributed by atoms with Gasteiger partial charge in [-0.3, -0.25) is 4.90 Å². The number of ether oxygens (including phenoxy) is 1. The molecule has 0 aliphatic carbocycles. The second-order valence-corrected chi connectivity index (χ2v) is 10.2. The third-order valence-corrected chi connectivity index (χ3v) is 7.42. The monoisotopic (exact) mass is 554 g/mol. The number of aromatic nitrogens is 3. The molecule has 1 fully saturated rings. The van der Waals surface area contributed by atoms with Crippen LogP contribution in [0.3, 0.4) is 0 Å². The maximum atomic E-state index is 6.12. The van der Waals surface area contributed by atoms with Crippen LogP contribution < -0.4 is 14.5 Å². The second-order valence-electron chi connectivity index (χ2n) is 9.81. The van der Waals surface area contributed by atoms with Crippen molar-refractivity contribution in [1.29, 1.82) is 0 Å². The Morgan fingerprint density at radius 1 is 0.900 bits per heavy atom. The molecule has 1 saturated heterocycles. The molecule has 0 bridgehead atoms. The van der Waals surface area contributed by atoms with E-state index in [1.54, 1.807) is 12.4 Å². The molecular weight excluding hydrogens is 524 g/mol. The zero-order valence-corrected chi connectivity index (χ0v) is 23.2. The summed E-state index contributed by atoms with van der Waals surface area (Å²) in [5, 5.41) is 0.716. The minimum absolute atomic E-state index is 0.591. The van der Waals surface area contributed by atoms with Crippen LogP contribution in [0, 0.1) is 0 Å². The second kappa shape index (κ2) is 11.9. The van der Waals surface area contributed by atoms with Crippen LogP contribution >= 0.6 is 11.6 Å². The Kier molecular flexibility index (Phi) is 7.79. The summed E-state index contributed by atoms with van der Waals surface area (Å²) < 4.78 is 12.1. The normalized spacial score (nSPS) is 14.0. The van der Waals surface area contributed by atoms with Crippen molar-refractivity contribution in [3.8, 4) is 17.2 Å². The molecule has 40 heavy (non-hydrogen) atoms. The molecule has 8 nitrogen and oxygen atoms in total. The van der Waals surface area contributed by atoms with Crippen LogP contribution in [0.2, 0.25) is 5.02 Å². The van der Waals surface area contributed by atoms with Gasteiger partial charge in [0, 0.05) is 80.2 Å². The van der Waals surface area contributed by atoms with Crippen LogP contribution in [0.15, 0.2) is 89.6 Å². The summed E-state index contributed by atoms with van der Waals surface area (Å²) in [5.74, 6) is 2.25. The van der Waals surface area contributed by atoms with Crippen LogP contribution in [-0.4, -0.2) is 66.2 Å². The fraction of sp³-hybridized carbons (Fsp3) is 0.258. The Morgan fingerprint density at radius 2 is 1.62 bits per heavy atom. The van der Waals surface area contributed by atoms with E-state index in [1.807, 2.05) is 79.8 Å². The minimum atomic E-state index is 0.591. The third-order valence-electron chi connectivity index (χ3n) is 7.17. The lowest BCUT2D eigenvalue weighted by molar-refractivity contribution is 0.224. The quantitative estimate of drug-likeness (QED) is 0.197. The molecule has 3 aromatic carbocycles. The maximum absolute atomic E-state index is 6.12. The van der Waals surface area contributed by atoms with Gasteiger partial charge >= 0.3 is 0 Å². The number of hydrogen-bond acceptors (Lipinski definition) is 8. The van der Waals surface area contributed by atoms with Crippen molar-refractivity contribution >= 4 is 40.0 Å². The number of fused-ring (bicyclic) bond motifs is 1. The van der Waals surface area contributed by atoms with Crippen LogP contribution in [0.4, 0.5) is 17.3 Å². The molecule has 0 atom stereocenters. The SMILES string of the molecule is CN(c1ccc(Cl)cc1)c1ccc2nc(-c3ccc(OCCCN4CCN(c5ncccn5)CC4)cc3)oc2c1. The molecule has 0 saturated carbocycles. The highest BCUT2D eigenvalue weighted by Crippen LogP contribution is 2.31. The Balaban J connectivity index is 0.997. The molecule has 0 amide bonds. The van der Waals surface area contributed by atoms with Gasteiger partial charge in [-0.05, 0) is 73.2 Å². The molecule has 0 spiro atoms. The van der Waals surface area contributed by atoms with Crippen molar-refractivity contribution in [2.24, 2.45) is 0 Å². The van der Waals surface area contributed by atoms with Gasteiger partial charge in [0.05, 0.1) is 6.61 Å². The Morgan fingerprint density at radius 3 is 2.38 bits per heavy atom. The summed E-state index contributed by atoms with van der Waals surface area (Å²) in [6.45, 7) is 5.60. The first-order valence-corrected chi connectivity index (χ1v) is 13.9. The van der Waals surface area contributed by atoms with E-state index >= 15 is 0 Å². The van der Waals surface area contributed by atoms with Crippen molar-refractivity contribution in [2.75, 3.05) is 56.2 Å². The van der Waals surface area contributed by atoms with Crippen LogP contribution in [0.5, 0.6) is 5.75 Å². The molecule has 0 N–H and O–H groups in total. The average molecular weight is 555 g/mol. The van der Waals surface area contributed by atoms with Crippen LogP contribution in [0.25, 0.3) is 22.6 Å². The van der Waals surface area contributed by atoms with E-state index in [0.717, 1.165) is 78.9 Å². The number of halogens is 1. The van der Waals surface area contributed by atoms with E-state index in [-0.39, 0.29) is 0 Å². The van der Waals surface area contributed by atoms with Gasteiger partial charge in [-0.25, -0.2) is 15.0 Å². The number of oxazole rings is 1. The topological polar surface area (TPSA) is 70.8 Å². The van der Waals surface area contributed by atoms with Gasteiger partial charge in [-0.1, -0.05) is 11.6 Å². The van der Waals surface area contributed by atoms with Gasteiger partial charge in [-0.15, -0.1) is 0 Å². The van der Waals surface area contributed by atoms with Gasteiger partial charge in [0.15, 0.2) is 5.58 Å². The number of anilines is 3. The third kappa shape index (κ3) is 6.03. The summed E-state index contributed by atoms with van der Waals surface area (Å²) in [5.41, 5.74) is 4.52. The lowest BCUT2D eigenvalue weighted by Crippen LogP contribution is -2.47. The zero-order valence-electron chi connectivity index (χ0n) is 22.4. The molecule has 1 aliphatic heterocycles. The van der Waals surface area contributed by atoms with Crippen molar-refractivity contribution in [3.63, 3.8) is 0 Å². The van der Waals surface area contributed by atoms with Crippen LogP contribution in [-0.2, 0) is 0 Å². The Bertz CT molecular complexity index is 1530. The van der Waals surface area contributed by atoms with Gasteiger partial charge < -0.3 is 19.0 Å². The van der Waals surface area contributed by atoms with Crippen molar-refractivity contribution < 1.29 is 9.15 Å². The van der Waals surface area contributed by atoms with Crippen LogP contribution in [0.1, 0.15) is 6.42 Å². The first-order valence-electron chi connectivity index (χ1n) is 13.5. The van der Waals surface area contributed by atoms with Gasteiger partial charge in [0.2, 0.25) is 11.8 Å². The van der Waals surface area contributed by atoms with Gasteiger partial charge in [0.25, 0.3) is 0 Å². The smallest absolute Gasteiger partial charge is 0.227 e. The fourth-order valence-corrected chi connectivity index (χ4v) is 4.98. The number of hydrogen-bond donors (Lipinski definition) is 0. The number of rotatable bonds is 9. The summed E-state index contributed by atoms with van der Waals surface area (Å²) in [4.78, 5) is 20.2. The van der Waals surface area contributed by atoms with Crippen molar-refractivity contribution in [1.82, 2.24) is 19.9 Å². The van der Waals surface area contributed by atoms with Crippen molar-refractivity contribution in [2.45, 2.75) is 6.42 Å². The highest BCUT2D eigenvalue weighted by Gasteiger charge is 2.18. The zero-order chi connectivity index (χ0) is 27.3. The van der Waals surface area contributed by atoms with E-state index in [0.29, 0.717) is 17.5 Å². The standard InChI is InChI=1S/C31H31ClN6O2/c1-36(25-8-6-24(32)7-9-25)26-10-13-28-29(22-26)40-30(35-28)23-4-11-27(12-5-23)39-21-3-16-37-17-19-38(20-18-37)31-33-14-2-15-34-31/h2,4-15,22H,3,16-21H2,1H3. The van der Waals surface area contributed by atoms with Gasteiger partial charge in [-0.2, -0.15) is 0 Å². The first kappa shape index (κ1) is 26.1. The van der Waals surface area contributed by atoms with E-state index in [1.165, 1.54) is 0 Å². The molecule has 0 radical (unpaired) electrons. The van der Waals surface area contributed by atoms with Crippen molar-refractivity contribution in [3.05, 3.63) is 90.2 Å². The van der Waals surface area contributed by atoms with E-state index in [2.05, 4.69) is 29.7 Å². The molecule has 0 unspecified atom stereocenters. The summed E-state index contributed by atoms with van der Waals surface area (Å²) in [7, 11) is 2.02. The van der Waals surface area contributed by atoms with E-state index < -0.39 is 0 Å². The fourth-order valence-electron chi connectivity index (χ4n) is 4.86.